The Morgan fingerprint density at radius 1 is 1.28 bits per heavy atom. The van der Waals surface area contributed by atoms with Crippen LogP contribution in [0.3, 0.4) is 0 Å². The summed E-state index contributed by atoms with van der Waals surface area (Å²) in [6.07, 6.45) is 0. The van der Waals surface area contributed by atoms with Crippen molar-refractivity contribution in [1.29, 1.82) is 0 Å². The van der Waals surface area contributed by atoms with Gasteiger partial charge in [-0.15, -0.1) is 0 Å². The normalized spacial score (nSPS) is 19.3. The van der Waals surface area contributed by atoms with Crippen molar-refractivity contribution in [3.8, 4) is 0 Å². The minimum Gasteiger partial charge on any atom is -0.465 e. The van der Waals surface area contributed by atoms with E-state index in [4.69, 9.17) is 9.15 Å². The lowest BCUT2D eigenvalue weighted by Crippen LogP contribution is -2.43. The average Bonchev–Trinajstić information content (AvgIpc) is 2.77. The van der Waals surface area contributed by atoms with Crippen LogP contribution in [0.25, 0.3) is 0 Å². The Labute approximate surface area is 109 Å². The predicted octanol–water partition coefficient (Wildman–Crippen LogP) is 1.96. The van der Waals surface area contributed by atoms with Crippen molar-refractivity contribution in [2.75, 3.05) is 32.8 Å². The van der Waals surface area contributed by atoms with Crippen LogP contribution in [-0.2, 0) is 4.74 Å². The van der Waals surface area contributed by atoms with Crippen LogP contribution in [0.4, 0.5) is 0 Å². The van der Waals surface area contributed by atoms with E-state index in [9.17, 15) is 0 Å². The lowest BCUT2D eigenvalue weighted by Gasteiger charge is -2.33. The van der Waals surface area contributed by atoms with E-state index in [0.717, 1.165) is 44.4 Å². The molecule has 1 saturated heterocycles. The molecule has 4 nitrogen and oxygen atoms in total. The largest absolute Gasteiger partial charge is 0.465 e. The Hall–Kier alpha value is -0.840. The number of nitrogens with zero attached hydrogens (tertiary/aromatic N) is 1. The first kappa shape index (κ1) is 13.6. The number of morpholine rings is 1. The minimum atomic E-state index is 0.310. The molecule has 0 aliphatic carbocycles. The van der Waals surface area contributed by atoms with E-state index in [-0.39, 0.29) is 0 Å². The molecule has 1 aliphatic heterocycles. The van der Waals surface area contributed by atoms with Gasteiger partial charge in [0.1, 0.15) is 11.5 Å². The van der Waals surface area contributed by atoms with Crippen molar-refractivity contribution >= 4 is 0 Å². The Balaban J connectivity index is 2.06. The van der Waals surface area contributed by atoms with Crippen LogP contribution < -0.4 is 5.32 Å². The van der Waals surface area contributed by atoms with Gasteiger partial charge in [-0.25, -0.2) is 0 Å². The highest BCUT2D eigenvalue weighted by Gasteiger charge is 2.24. The fourth-order valence-corrected chi connectivity index (χ4v) is 2.28. The Bertz CT molecular complexity index is 356. The number of ether oxygens (including phenoxy) is 1. The molecule has 0 bridgehead atoms. The number of aryl methyl sites for hydroxylation is 1. The van der Waals surface area contributed by atoms with Gasteiger partial charge in [-0.05, 0) is 19.1 Å². The summed E-state index contributed by atoms with van der Waals surface area (Å²) in [5.41, 5.74) is 0. The quantitative estimate of drug-likeness (QED) is 0.869. The number of hydrogen-bond acceptors (Lipinski definition) is 4. The van der Waals surface area contributed by atoms with Crippen molar-refractivity contribution in [1.82, 2.24) is 10.2 Å². The topological polar surface area (TPSA) is 37.6 Å². The zero-order valence-corrected chi connectivity index (χ0v) is 11.6. The van der Waals surface area contributed by atoms with Crippen molar-refractivity contribution in [2.24, 2.45) is 0 Å². The molecule has 18 heavy (non-hydrogen) atoms. The minimum absolute atomic E-state index is 0.310. The molecule has 1 aromatic heterocycles. The predicted molar refractivity (Wildman–Crippen MR) is 71.7 cm³/mol. The van der Waals surface area contributed by atoms with Gasteiger partial charge in [-0.3, -0.25) is 4.90 Å². The summed E-state index contributed by atoms with van der Waals surface area (Å²) in [6, 6.07) is 4.94. The molecular formula is C14H24N2O2. The molecule has 4 heteroatoms. The van der Waals surface area contributed by atoms with Gasteiger partial charge in [0.15, 0.2) is 0 Å². The van der Waals surface area contributed by atoms with Gasteiger partial charge in [0.2, 0.25) is 0 Å². The fourth-order valence-electron chi connectivity index (χ4n) is 2.28. The van der Waals surface area contributed by atoms with E-state index >= 15 is 0 Å². The lowest BCUT2D eigenvalue weighted by molar-refractivity contribution is 0.0112. The third kappa shape index (κ3) is 3.57. The fraction of sp³-hybridized carbons (Fsp3) is 0.714. The zero-order chi connectivity index (χ0) is 13.0. The van der Waals surface area contributed by atoms with Crippen molar-refractivity contribution in [2.45, 2.75) is 32.9 Å². The van der Waals surface area contributed by atoms with Crippen LogP contribution in [0.2, 0.25) is 0 Å². The molecule has 102 valence electrons. The highest BCUT2D eigenvalue weighted by Crippen LogP contribution is 2.23. The summed E-state index contributed by atoms with van der Waals surface area (Å²) in [4.78, 5) is 2.44. The van der Waals surface area contributed by atoms with E-state index < -0.39 is 0 Å². The maximum absolute atomic E-state index is 5.81. The third-order valence-corrected chi connectivity index (χ3v) is 3.30. The Morgan fingerprint density at radius 3 is 2.56 bits per heavy atom. The molecule has 0 amide bonds. The van der Waals surface area contributed by atoms with Crippen molar-refractivity contribution < 1.29 is 9.15 Å². The van der Waals surface area contributed by atoms with Crippen LogP contribution in [0.5, 0.6) is 0 Å². The van der Waals surface area contributed by atoms with Gasteiger partial charge in [0, 0.05) is 25.7 Å². The van der Waals surface area contributed by atoms with Crippen molar-refractivity contribution in [3.05, 3.63) is 23.7 Å². The molecule has 1 aromatic rings. The van der Waals surface area contributed by atoms with Crippen LogP contribution in [-0.4, -0.2) is 43.8 Å². The van der Waals surface area contributed by atoms with Crippen LogP contribution >= 0.6 is 0 Å². The lowest BCUT2D eigenvalue weighted by atomic mass is 10.1. The Kier molecular flexibility index (Phi) is 4.80. The molecule has 1 fully saturated rings. The van der Waals surface area contributed by atoms with E-state index in [1.54, 1.807) is 0 Å². The van der Waals surface area contributed by atoms with Crippen LogP contribution in [0.1, 0.15) is 31.4 Å². The molecule has 1 atom stereocenters. The molecule has 2 rings (SSSR count). The third-order valence-electron chi connectivity index (χ3n) is 3.30. The molecule has 0 aromatic carbocycles. The zero-order valence-electron chi connectivity index (χ0n) is 11.6. The average molecular weight is 252 g/mol. The number of furan rings is 1. The summed E-state index contributed by atoms with van der Waals surface area (Å²) >= 11 is 0. The molecule has 0 spiro atoms. The van der Waals surface area contributed by atoms with E-state index in [2.05, 4.69) is 30.1 Å². The second-order valence-electron chi connectivity index (χ2n) is 5.18. The van der Waals surface area contributed by atoms with Crippen LogP contribution in [0.15, 0.2) is 16.5 Å². The van der Waals surface area contributed by atoms with E-state index in [1.165, 1.54) is 0 Å². The second-order valence-corrected chi connectivity index (χ2v) is 5.18. The van der Waals surface area contributed by atoms with Gasteiger partial charge in [-0.1, -0.05) is 13.8 Å². The Morgan fingerprint density at radius 2 is 2.00 bits per heavy atom. The second kappa shape index (κ2) is 6.36. The molecular weight excluding hydrogens is 228 g/mol. The summed E-state index contributed by atoms with van der Waals surface area (Å²) in [5, 5.41) is 3.51. The maximum atomic E-state index is 5.81. The first-order chi connectivity index (χ1) is 8.66. The van der Waals surface area contributed by atoms with E-state index in [0.29, 0.717) is 12.1 Å². The van der Waals surface area contributed by atoms with Gasteiger partial charge in [0.25, 0.3) is 0 Å². The van der Waals surface area contributed by atoms with Gasteiger partial charge in [0.05, 0.1) is 19.3 Å². The summed E-state index contributed by atoms with van der Waals surface area (Å²) in [5.74, 6) is 2.04. The van der Waals surface area contributed by atoms with Gasteiger partial charge < -0.3 is 14.5 Å². The van der Waals surface area contributed by atoms with Crippen molar-refractivity contribution in [3.63, 3.8) is 0 Å². The number of rotatable bonds is 5. The molecule has 1 unspecified atom stereocenters. The highest BCUT2D eigenvalue weighted by atomic mass is 16.5. The summed E-state index contributed by atoms with van der Waals surface area (Å²) in [7, 11) is 0. The van der Waals surface area contributed by atoms with E-state index in [1.807, 2.05) is 13.0 Å². The smallest absolute Gasteiger partial charge is 0.122 e. The first-order valence-electron chi connectivity index (χ1n) is 6.78. The maximum Gasteiger partial charge on any atom is 0.122 e. The molecule has 0 radical (unpaired) electrons. The van der Waals surface area contributed by atoms with Gasteiger partial charge >= 0.3 is 0 Å². The van der Waals surface area contributed by atoms with Gasteiger partial charge in [-0.2, -0.15) is 0 Å². The highest BCUT2D eigenvalue weighted by molar-refractivity contribution is 5.10. The number of hydrogen-bond donors (Lipinski definition) is 1. The number of nitrogens with one attached hydrogen (secondary N) is 1. The standard InChI is InChI=1S/C14H24N2O2/c1-11(2)15-10-13(14-5-4-12(3)18-14)16-6-8-17-9-7-16/h4-5,11,13,15H,6-10H2,1-3H3. The molecule has 2 heterocycles. The SMILES string of the molecule is Cc1ccc(C(CNC(C)C)N2CCOCC2)o1. The first-order valence-corrected chi connectivity index (χ1v) is 6.78. The monoisotopic (exact) mass is 252 g/mol. The molecule has 0 saturated carbocycles. The summed E-state index contributed by atoms with van der Waals surface area (Å²) in [6.45, 7) is 10.8. The van der Waals surface area contributed by atoms with Crippen LogP contribution in [0, 0.1) is 6.92 Å². The molecule has 1 N–H and O–H groups in total. The summed E-state index contributed by atoms with van der Waals surface area (Å²) < 4.78 is 11.2. The molecule has 1 aliphatic rings.